The summed E-state index contributed by atoms with van der Waals surface area (Å²) in [4.78, 5) is 10.8. The fraction of sp³-hybridized carbons (Fsp3) is 0. The highest BCUT2D eigenvalue weighted by Gasteiger charge is 2.12. The van der Waals surface area contributed by atoms with Crippen molar-refractivity contribution >= 4 is 17.7 Å². The molecule has 1 rings (SSSR count). The molecule has 0 spiro atoms. The molecular weight excluding hydrogens is 138 g/mol. The topological polar surface area (TPSA) is 65.6 Å². The summed E-state index contributed by atoms with van der Waals surface area (Å²) in [6.07, 6.45) is 1.27. The number of hydrogen-bond donors (Lipinski definition) is 0. The number of thioether (sulfide) groups is 1. The molecule has 1 heterocycles. The molecule has 4 nitrogen and oxygen atoms in total. The van der Waals surface area contributed by atoms with Gasteiger partial charge in [0.1, 0.15) is 10.3 Å². The maximum absolute atomic E-state index is 10.5. The molecular formula is C4HN3OS. The molecule has 44 valence electrons. The number of amides is 1. The molecule has 0 saturated carbocycles. The van der Waals surface area contributed by atoms with Gasteiger partial charge in [0.15, 0.2) is 0 Å². The van der Waals surface area contributed by atoms with E-state index in [1.165, 1.54) is 6.20 Å². The van der Waals surface area contributed by atoms with Crippen molar-refractivity contribution < 1.29 is 4.79 Å². The Kier molecular flexibility index (Phi) is 1.60. The Balaban J connectivity index is 2.67. The summed E-state index contributed by atoms with van der Waals surface area (Å²) in [6, 6.07) is 0. The Labute approximate surface area is 55.3 Å². The van der Waals surface area contributed by atoms with Gasteiger partial charge < -0.3 is 0 Å². The molecule has 0 N–H and O–H groups in total. The van der Waals surface area contributed by atoms with Gasteiger partial charge in [-0.05, 0) is 11.8 Å². The smallest absolute Gasteiger partial charge is 0.264 e. The van der Waals surface area contributed by atoms with Gasteiger partial charge in [-0.25, -0.2) is 0 Å². The van der Waals surface area contributed by atoms with Gasteiger partial charge in [0.05, 0.1) is 6.20 Å². The summed E-state index contributed by atoms with van der Waals surface area (Å²) < 4.78 is 0. The molecule has 1 aliphatic heterocycles. The molecule has 0 fully saturated rings. The van der Waals surface area contributed by atoms with Crippen LogP contribution in [0, 0.1) is 10.7 Å². The second kappa shape index (κ2) is 2.42. The zero-order chi connectivity index (χ0) is 6.69. The van der Waals surface area contributed by atoms with Crippen LogP contribution >= 0.6 is 11.8 Å². The van der Waals surface area contributed by atoms with Crippen molar-refractivity contribution in [3.63, 3.8) is 0 Å². The van der Waals surface area contributed by atoms with Crippen LogP contribution in [0.3, 0.4) is 0 Å². The first-order valence-corrected chi connectivity index (χ1v) is 2.87. The van der Waals surface area contributed by atoms with Crippen LogP contribution in [-0.2, 0) is 4.79 Å². The second-order valence-corrected chi connectivity index (χ2v) is 2.03. The lowest BCUT2D eigenvalue weighted by atomic mass is 10.6. The molecule has 1 aliphatic rings. The van der Waals surface area contributed by atoms with Crippen molar-refractivity contribution in [3.05, 3.63) is 11.1 Å². The lowest BCUT2D eigenvalue weighted by Crippen LogP contribution is -1.86. The third-order valence-electron chi connectivity index (χ3n) is 0.690. The minimum Gasteiger partial charge on any atom is -0.264 e. The standard InChI is InChI=1S/C4HN3OS/c5-2-9-3-1-6-7-4(3)8/h1H. The normalized spacial score (nSPS) is 15.4. The van der Waals surface area contributed by atoms with Gasteiger partial charge in [-0.1, -0.05) is 0 Å². The highest BCUT2D eigenvalue weighted by molar-refractivity contribution is 8.08. The van der Waals surface area contributed by atoms with Crippen LogP contribution in [0.5, 0.6) is 0 Å². The van der Waals surface area contributed by atoms with Crippen molar-refractivity contribution in [2.24, 2.45) is 10.2 Å². The molecule has 0 bridgehead atoms. The van der Waals surface area contributed by atoms with Gasteiger partial charge in [0.2, 0.25) is 0 Å². The fourth-order valence-corrected chi connectivity index (χ4v) is 0.684. The van der Waals surface area contributed by atoms with E-state index in [9.17, 15) is 4.79 Å². The van der Waals surface area contributed by atoms with Gasteiger partial charge >= 0.3 is 5.91 Å². The summed E-state index contributed by atoms with van der Waals surface area (Å²) in [5.41, 5.74) is 0. The first-order chi connectivity index (χ1) is 4.34. The van der Waals surface area contributed by atoms with Crippen LogP contribution < -0.4 is 0 Å². The molecule has 0 aliphatic carbocycles. The quantitative estimate of drug-likeness (QED) is 0.509. The van der Waals surface area contributed by atoms with Crippen molar-refractivity contribution in [2.75, 3.05) is 0 Å². The highest BCUT2D eigenvalue weighted by atomic mass is 32.2. The van der Waals surface area contributed by atoms with Crippen molar-refractivity contribution in [3.8, 4) is 5.40 Å². The zero-order valence-electron chi connectivity index (χ0n) is 4.24. The molecule has 0 radical (unpaired) electrons. The molecule has 0 aromatic rings. The number of carbonyl (C=O) groups excluding carboxylic acids is 1. The number of nitrogens with zero attached hydrogens (tertiary/aromatic N) is 3. The fourth-order valence-electron chi connectivity index (χ4n) is 0.357. The molecule has 5 heteroatoms. The lowest BCUT2D eigenvalue weighted by molar-refractivity contribution is -0.113. The maximum Gasteiger partial charge on any atom is 0.304 e. The maximum atomic E-state index is 10.5. The summed E-state index contributed by atoms with van der Waals surface area (Å²) in [7, 11) is 0. The minimum absolute atomic E-state index is 0.289. The van der Waals surface area contributed by atoms with E-state index in [2.05, 4.69) is 10.2 Å². The summed E-state index contributed by atoms with van der Waals surface area (Å²) >= 11 is 0.777. The van der Waals surface area contributed by atoms with E-state index in [1.54, 1.807) is 5.40 Å². The Morgan fingerprint density at radius 3 is 3.00 bits per heavy atom. The average molecular weight is 139 g/mol. The van der Waals surface area contributed by atoms with Gasteiger partial charge in [-0.3, -0.25) is 4.79 Å². The van der Waals surface area contributed by atoms with E-state index >= 15 is 0 Å². The summed E-state index contributed by atoms with van der Waals surface area (Å²) in [5.74, 6) is -0.429. The molecule has 0 aromatic carbocycles. The molecule has 0 atom stereocenters. The van der Waals surface area contributed by atoms with E-state index in [4.69, 9.17) is 5.26 Å². The number of azo groups is 1. The van der Waals surface area contributed by atoms with E-state index < -0.39 is 5.91 Å². The van der Waals surface area contributed by atoms with Gasteiger partial charge in [0.25, 0.3) is 0 Å². The van der Waals surface area contributed by atoms with Crippen molar-refractivity contribution in [2.45, 2.75) is 0 Å². The zero-order valence-corrected chi connectivity index (χ0v) is 5.05. The molecule has 0 unspecified atom stereocenters. The molecule has 0 saturated heterocycles. The van der Waals surface area contributed by atoms with Crippen LogP contribution in [0.4, 0.5) is 0 Å². The molecule has 0 aromatic heterocycles. The highest BCUT2D eigenvalue weighted by Crippen LogP contribution is 2.19. The first kappa shape index (κ1) is 5.98. The van der Waals surface area contributed by atoms with Crippen molar-refractivity contribution in [1.29, 1.82) is 5.26 Å². The van der Waals surface area contributed by atoms with Gasteiger partial charge in [0, 0.05) is 0 Å². The van der Waals surface area contributed by atoms with Crippen LogP contribution in [-0.4, -0.2) is 5.91 Å². The van der Waals surface area contributed by atoms with E-state index in [0.29, 0.717) is 0 Å². The van der Waals surface area contributed by atoms with Crippen LogP contribution in [0.1, 0.15) is 0 Å². The van der Waals surface area contributed by atoms with Crippen LogP contribution in [0.2, 0.25) is 0 Å². The average Bonchev–Trinajstić information content (AvgIpc) is 2.18. The predicted octanol–water partition coefficient (Wildman–Crippen LogP) is 1.03. The summed E-state index contributed by atoms with van der Waals surface area (Å²) in [6.45, 7) is 0. The van der Waals surface area contributed by atoms with E-state index in [-0.39, 0.29) is 4.91 Å². The van der Waals surface area contributed by atoms with Crippen molar-refractivity contribution in [1.82, 2.24) is 0 Å². The third kappa shape index (κ3) is 1.15. The number of thiocyanates is 1. The number of carbonyl (C=O) groups is 1. The Hall–Kier alpha value is -1.15. The lowest BCUT2D eigenvalue weighted by Gasteiger charge is -1.80. The van der Waals surface area contributed by atoms with E-state index in [0.717, 1.165) is 11.8 Å². The molecule has 1 amide bonds. The second-order valence-electron chi connectivity index (χ2n) is 1.21. The Morgan fingerprint density at radius 2 is 2.56 bits per heavy atom. The van der Waals surface area contributed by atoms with Gasteiger partial charge in [-0.15, -0.1) is 5.11 Å². The van der Waals surface area contributed by atoms with Crippen LogP contribution in [0.15, 0.2) is 21.3 Å². The predicted molar refractivity (Wildman–Crippen MR) is 31.1 cm³/mol. The monoisotopic (exact) mass is 139 g/mol. The van der Waals surface area contributed by atoms with Gasteiger partial charge in [-0.2, -0.15) is 10.4 Å². The molecule has 9 heavy (non-hydrogen) atoms. The third-order valence-corrected chi connectivity index (χ3v) is 1.28. The Bertz CT molecular complexity index is 237. The minimum atomic E-state index is -0.429. The number of nitriles is 1. The van der Waals surface area contributed by atoms with Crippen LogP contribution in [0.25, 0.3) is 0 Å². The van der Waals surface area contributed by atoms with E-state index in [1.807, 2.05) is 0 Å². The SMILES string of the molecule is N#CSC1=CN=NC1=O. The summed E-state index contributed by atoms with van der Waals surface area (Å²) in [5, 5.41) is 16.3. The number of hydrogen-bond acceptors (Lipinski definition) is 4. The largest absolute Gasteiger partial charge is 0.304 e. The number of rotatable bonds is 1. The first-order valence-electron chi connectivity index (χ1n) is 2.06. The Morgan fingerprint density at radius 1 is 1.78 bits per heavy atom.